The third-order valence-corrected chi connectivity index (χ3v) is 4.44. The van der Waals surface area contributed by atoms with Gasteiger partial charge < -0.3 is 10.2 Å². The minimum Gasteiger partial charge on any atom is -0.349 e. The highest BCUT2D eigenvalue weighted by molar-refractivity contribution is 5.94. The number of nitrogens with one attached hydrogen (secondary N) is 1. The summed E-state index contributed by atoms with van der Waals surface area (Å²) in [4.78, 5) is 26.2. The number of hydrogen-bond donors (Lipinski definition) is 1. The van der Waals surface area contributed by atoms with Gasteiger partial charge in [0, 0.05) is 30.8 Å². The summed E-state index contributed by atoms with van der Waals surface area (Å²) in [5, 5.41) is 3.02. The van der Waals surface area contributed by atoms with Crippen LogP contribution >= 0.6 is 0 Å². The molecule has 5 heteroatoms. The Morgan fingerprint density at radius 1 is 1.04 bits per heavy atom. The lowest BCUT2D eigenvalue weighted by Crippen LogP contribution is -2.46. The molecule has 134 valence electrons. The van der Waals surface area contributed by atoms with E-state index < -0.39 is 0 Å². The van der Waals surface area contributed by atoms with E-state index in [1.807, 2.05) is 18.2 Å². The topological polar surface area (TPSA) is 49.4 Å². The predicted molar refractivity (Wildman–Crippen MR) is 98.9 cm³/mol. The maximum absolute atomic E-state index is 13.2. The Hall–Kier alpha value is -2.95. The van der Waals surface area contributed by atoms with E-state index in [1.54, 1.807) is 35.2 Å². The summed E-state index contributed by atoms with van der Waals surface area (Å²) in [6, 6.07) is 15.3. The monoisotopic (exact) mass is 352 g/mol. The number of nitrogens with zero attached hydrogens (tertiary/aromatic N) is 1. The normalized spacial score (nSPS) is 15.2. The fraction of sp³-hybridized carbons (Fsp3) is 0.238. The van der Waals surface area contributed by atoms with E-state index in [0.29, 0.717) is 24.2 Å². The SMILES string of the molecule is O=C(NC1CCN(C(=O)C=Cc2cccc(F)c2)CC1)c1ccccc1. The summed E-state index contributed by atoms with van der Waals surface area (Å²) in [6.07, 6.45) is 4.53. The van der Waals surface area contributed by atoms with Crippen LogP contribution in [0.1, 0.15) is 28.8 Å². The molecule has 2 aromatic carbocycles. The number of amides is 2. The molecule has 1 N–H and O–H groups in total. The Balaban J connectivity index is 1.48. The fourth-order valence-electron chi connectivity index (χ4n) is 2.99. The van der Waals surface area contributed by atoms with Crippen LogP contribution in [0.5, 0.6) is 0 Å². The van der Waals surface area contributed by atoms with Gasteiger partial charge in [-0.25, -0.2) is 4.39 Å². The van der Waals surface area contributed by atoms with E-state index in [1.165, 1.54) is 18.2 Å². The van der Waals surface area contributed by atoms with Crippen molar-refractivity contribution in [1.29, 1.82) is 0 Å². The molecule has 2 aromatic rings. The summed E-state index contributed by atoms with van der Waals surface area (Å²) in [5.74, 6) is -0.502. The molecule has 4 nitrogen and oxygen atoms in total. The fourth-order valence-corrected chi connectivity index (χ4v) is 2.99. The standard InChI is InChI=1S/C21H21FN2O2/c22-18-8-4-5-16(15-18)9-10-20(25)24-13-11-19(12-14-24)23-21(26)17-6-2-1-3-7-17/h1-10,15,19H,11-14H2,(H,23,26). The van der Waals surface area contributed by atoms with Crippen LogP contribution in [-0.4, -0.2) is 35.8 Å². The third-order valence-electron chi connectivity index (χ3n) is 4.44. The lowest BCUT2D eigenvalue weighted by Gasteiger charge is -2.31. The maximum atomic E-state index is 13.2. The molecule has 0 unspecified atom stereocenters. The number of halogens is 1. The molecule has 0 spiro atoms. The van der Waals surface area contributed by atoms with Crippen LogP contribution in [0.3, 0.4) is 0 Å². The highest BCUT2D eigenvalue weighted by Gasteiger charge is 2.23. The lowest BCUT2D eigenvalue weighted by molar-refractivity contribution is -0.126. The second kappa shape index (κ2) is 8.43. The molecule has 3 rings (SSSR count). The number of rotatable bonds is 4. The van der Waals surface area contributed by atoms with Crippen molar-refractivity contribution < 1.29 is 14.0 Å². The predicted octanol–water partition coefficient (Wildman–Crippen LogP) is 3.26. The van der Waals surface area contributed by atoms with Crippen molar-refractivity contribution in [3.63, 3.8) is 0 Å². The minimum atomic E-state index is -0.324. The zero-order valence-electron chi connectivity index (χ0n) is 14.4. The average molecular weight is 352 g/mol. The zero-order chi connectivity index (χ0) is 18.4. The average Bonchev–Trinajstić information content (AvgIpc) is 2.67. The van der Waals surface area contributed by atoms with Crippen molar-refractivity contribution in [3.05, 3.63) is 77.6 Å². The molecule has 0 aromatic heterocycles. The molecule has 0 radical (unpaired) electrons. The quantitative estimate of drug-likeness (QED) is 0.859. The van der Waals surface area contributed by atoms with Gasteiger partial charge in [0.1, 0.15) is 5.82 Å². The van der Waals surface area contributed by atoms with Crippen LogP contribution in [-0.2, 0) is 4.79 Å². The van der Waals surface area contributed by atoms with Crippen LogP contribution in [0, 0.1) is 5.82 Å². The molecule has 2 amide bonds. The second-order valence-corrected chi connectivity index (χ2v) is 6.33. The van der Waals surface area contributed by atoms with Gasteiger partial charge >= 0.3 is 0 Å². The molecule has 1 fully saturated rings. The summed E-state index contributed by atoms with van der Waals surface area (Å²) < 4.78 is 13.2. The molecular weight excluding hydrogens is 331 g/mol. The van der Waals surface area contributed by atoms with Gasteiger partial charge in [-0.05, 0) is 48.7 Å². The Kier molecular flexibility index (Phi) is 5.79. The van der Waals surface area contributed by atoms with Gasteiger partial charge in [-0.3, -0.25) is 9.59 Å². The van der Waals surface area contributed by atoms with Gasteiger partial charge in [-0.2, -0.15) is 0 Å². The largest absolute Gasteiger partial charge is 0.349 e. The lowest BCUT2D eigenvalue weighted by atomic mass is 10.0. The maximum Gasteiger partial charge on any atom is 0.251 e. The molecule has 1 aliphatic rings. The first-order valence-corrected chi connectivity index (χ1v) is 8.70. The van der Waals surface area contributed by atoms with E-state index in [9.17, 15) is 14.0 Å². The Morgan fingerprint density at radius 3 is 2.46 bits per heavy atom. The van der Waals surface area contributed by atoms with E-state index in [4.69, 9.17) is 0 Å². The van der Waals surface area contributed by atoms with Crippen LogP contribution in [0.2, 0.25) is 0 Å². The van der Waals surface area contributed by atoms with Gasteiger partial charge in [0.2, 0.25) is 5.91 Å². The first kappa shape index (κ1) is 17.9. The van der Waals surface area contributed by atoms with E-state index in [0.717, 1.165) is 12.8 Å². The van der Waals surface area contributed by atoms with Gasteiger partial charge in [0.15, 0.2) is 0 Å². The highest BCUT2D eigenvalue weighted by Crippen LogP contribution is 2.13. The summed E-state index contributed by atoms with van der Waals surface area (Å²) >= 11 is 0. The van der Waals surface area contributed by atoms with E-state index in [-0.39, 0.29) is 23.7 Å². The Bertz CT molecular complexity index is 797. The van der Waals surface area contributed by atoms with Crippen molar-refractivity contribution >= 4 is 17.9 Å². The number of carbonyl (C=O) groups excluding carboxylic acids is 2. The molecule has 1 saturated heterocycles. The summed E-state index contributed by atoms with van der Waals surface area (Å²) in [5.41, 5.74) is 1.30. The van der Waals surface area contributed by atoms with Gasteiger partial charge in [0.25, 0.3) is 5.91 Å². The molecule has 0 aliphatic carbocycles. The number of hydrogen-bond acceptors (Lipinski definition) is 2. The first-order valence-electron chi connectivity index (χ1n) is 8.70. The molecule has 1 heterocycles. The van der Waals surface area contributed by atoms with Crippen LogP contribution in [0.25, 0.3) is 6.08 Å². The molecule has 1 aliphatic heterocycles. The molecule has 0 atom stereocenters. The van der Waals surface area contributed by atoms with Crippen LogP contribution in [0.4, 0.5) is 4.39 Å². The molecular formula is C21H21FN2O2. The van der Waals surface area contributed by atoms with Crippen molar-refractivity contribution in [2.45, 2.75) is 18.9 Å². The number of benzene rings is 2. The smallest absolute Gasteiger partial charge is 0.251 e. The molecule has 0 saturated carbocycles. The van der Waals surface area contributed by atoms with Gasteiger partial charge in [0.05, 0.1) is 0 Å². The van der Waals surface area contributed by atoms with Crippen LogP contribution < -0.4 is 5.32 Å². The molecule has 0 bridgehead atoms. The third kappa shape index (κ3) is 4.79. The van der Waals surface area contributed by atoms with Gasteiger partial charge in [-0.15, -0.1) is 0 Å². The van der Waals surface area contributed by atoms with Crippen molar-refractivity contribution in [3.8, 4) is 0 Å². The van der Waals surface area contributed by atoms with Crippen molar-refractivity contribution in [2.24, 2.45) is 0 Å². The van der Waals surface area contributed by atoms with E-state index >= 15 is 0 Å². The zero-order valence-corrected chi connectivity index (χ0v) is 14.4. The second-order valence-electron chi connectivity index (χ2n) is 6.33. The Morgan fingerprint density at radius 2 is 1.77 bits per heavy atom. The summed E-state index contributed by atoms with van der Waals surface area (Å²) in [7, 11) is 0. The van der Waals surface area contributed by atoms with Crippen LogP contribution in [0.15, 0.2) is 60.7 Å². The number of likely N-dealkylation sites (tertiary alicyclic amines) is 1. The Labute approximate surface area is 152 Å². The first-order chi connectivity index (χ1) is 12.6. The minimum absolute atomic E-state index is 0.0685. The summed E-state index contributed by atoms with van der Waals surface area (Å²) in [6.45, 7) is 1.18. The van der Waals surface area contributed by atoms with Gasteiger partial charge in [-0.1, -0.05) is 30.3 Å². The molecule has 26 heavy (non-hydrogen) atoms. The number of carbonyl (C=O) groups is 2. The highest BCUT2D eigenvalue weighted by atomic mass is 19.1. The van der Waals surface area contributed by atoms with Crippen molar-refractivity contribution in [2.75, 3.05) is 13.1 Å². The van der Waals surface area contributed by atoms with Crippen molar-refractivity contribution in [1.82, 2.24) is 10.2 Å². The van der Waals surface area contributed by atoms with E-state index in [2.05, 4.69) is 5.32 Å². The number of piperidine rings is 1.